The van der Waals surface area contributed by atoms with Gasteiger partial charge in [-0.3, -0.25) is 14.5 Å². The number of rotatable bonds is 7. The van der Waals surface area contributed by atoms with E-state index in [1.54, 1.807) is 30.0 Å². The molecule has 0 unspecified atom stereocenters. The fourth-order valence-corrected chi connectivity index (χ4v) is 4.84. The van der Waals surface area contributed by atoms with Gasteiger partial charge >= 0.3 is 5.97 Å². The van der Waals surface area contributed by atoms with Gasteiger partial charge in [-0.15, -0.1) is 11.8 Å². The normalized spacial score (nSPS) is 15.1. The van der Waals surface area contributed by atoms with E-state index in [2.05, 4.69) is 0 Å². The van der Waals surface area contributed by atoms with Crippen molar-refractivity contribution in [2.45, 2.75) is 11.8 Å². The maximum absolute atomic E-state index is 12.6. The summed E-state index contributed by atoms with van der Waals surface area (Å²) in [6, 6.07) is 11.1. The van der Waals surface area contributed by atoms with E-state index in [-0.39, 0.29) is 10.1 Å². The van der Waals surface area contributed by atoms with E-state index in [1.165, 1.54) is 0 Å². The van der Waals surface area contributed by atoms with Gasteiger partial charge in [0.05, 0.1) is 11.5 Å². The van der Waals surface area contributed by atoms with Crippen LogP contribution < -0.4 is 4.74 Å². The Hall–Kier alpha value is -2.49. The number of phenolic OH excluding ortho intramolecular Hbond substituents is 1. The summed E-state index contributed by atoms with van der Waals surface area (Å²) in [4.78, 5) is 26.0. The Morgan fingerprint density at radius 3 is 2.70 bits per heavy atom. The Kier molecular flexibility index (Phi) is 7.06. The van der Waals surface area contributed by atoms with Gasteiger partial charge in [0.15, 0.2) is 11.5 Å². The van der Waals surface area contributed by atoms with Crippen LogP contribution in [0.3, 0.4) is 0 Å². The molecule has 0 radical (unpaired) electrons. The van der Waals surface area contributed by atoms with Crippen molar-refractivity contribution in [3.05, 3.63) is 46.9 Å². The number of carbonyl (C=O) groups is 2. The van der Waals surface area contributed by atoms with Crippen molar-refractivity contribution in [3.8, 4) is 22.6 Å². The number of thiocarbonyl (C=S) groups is 1. The second kappa shape index (κ2) is 9.55. The van der Waals surface area contributed by atoms with Crippen molar-refractivity contribution in [2.24, 2.45) is 0 Å². The summed E-state index contributed by atoms with van der Waals surface area (Å²) >= 11 is 7.76. The van der Waals surface area contributed by atoms with Gasteiger partial charge < -0.3 is 14.9 Å². The van der Waals surface area contributed by atoms with Crippen LogP contribution in [0.4, 0.5) is 0 Å². The molecular weight excluding hydrogens is 442 g/mol. The van der Waals surface area contributed by atoms with E-state index < -0.39 is 18.4 Å². The van der Waals surface area contributed by atoms with Gasteiger partial charge in [0.25, 0.3) is 5.91 Å². The summed E-state index contributed by atoms with van der Waals surface area (Å²) in [6.45, 7) is 1.70. The van der Waals surface area contributed by atoms with Crippen LogP contribution in [0.15, 0.2) is 46.2 Å². The molecule has 1 amide bonds. The first-order valence-corrected chi connectivity index (χ1v) is 11.4. The number of carboxylic acid groups (broad SMARTS) is 1. The zero-order valence-corrected chi connectivity index (χ0v) is 18.7. The Morgan fingerprint density at radius 2 is 2.03 bits per heavy atom. The van der Waals surface area contributed by atoms with E-state index in [9.17, 15) is 14.7 Å². The lowest BCUT2D eigenvalue weighted by Gasteiger charge is -2.14. The van der Waals surface area contributed by atoms with Gasteiger partial charge in [-0.1, -0.05) is 42.2 Å². The van der Waals surface area contributed by atoms with E-state index in [0.717, 1.165) is 27.1 Å². The molecule has 1 aliphatic rings. The molecule has 0 aromatic heterocycles. The fraction of sp³-hybridized carbons (Fsp3) is 0.190. The van der Waals surface area contributed by atoms with Crippen LogP contribution in [-0.4, -0.2) is 50.7 Å². The highest BCUT2D eigenvalue weighted by atomic mass is 32.2. The minimum Gasteiger partial charge on any atom is -0.504 e. The molecule has 3 rings (SSSR count). The second-order valence-corrected chi connectivity index (χ2v) is 8.73. The number of carbonyl (C=O) groups excluding carboxylic acids is 1. The van der Waals surface area contributed by atoms with Gasteiger partial charge in [0, 0.05) is 10.5 Å². The number of ether oxygens (including phenoxy) is 1. The third kappa shape index (κ3) is 4.63. The summed E-state index contributed by atoms with van der Waals surface area (Å²) in [5.41, 5.74) is 2.06. The van der Waals surface area contributed by atoms with Crippen LogP contribution in [0.5, 0.6) is 11.5 Å². The standard InChI is InChI=1S/C21H19NO5S3/c1-3-27-15-9-12(10-17-20(26)22(11-18(23)24)21(28)30-17)8-14(19(15)25)13-6-4-5-7-16(13)29-2/h4-10,25H,3,11H2,1-2H3,(H,23,24). The number of amides is 1. The quantitative estimate of drug-likeness (QED) is 0.355. The van der Waals surface area contributed by atoms with E-state index in [0.29, 0.717) is 28.4 Å². The SMILES string of the molecule is CCOc1cc(C=C2SC(=S)N(CC(=O)O)C2=O)cc(-c2ccccc2SC)c1O. The Bertz CT molecular complexity index is 1050. The third-order valence-electron chi connectivity index (χ3n) is 4.26. The average molecular weight is 462 g/mol. The van der Waals surface area contributed by atoms with Gasteiger partial charge in [-0.25, -0.2) is 0 Å². The van der Waals surface area contributed by atoms with Crippen molar-refractivity contribution in [2.75, 3.05) is 19.4 Å². The highest BCUT2D eigenvalue weighted by molar-refractivity contribution is 8.26. The zero-order chi connectivity index (χ0) is 21.8. The topological polar surface area (TPSA) is 87.1 Å². The molecule has 156 valence electrons. The molecule has 0 atom stereocenters. The molecule has 0 saturated carbocycles. The van der Waals surface area contributed by atoms with E-state index in [4.69, 9.17) is 22.1 Å². The van der Waals surface area contributed by atoms with Crippen LogP contribution in [0, 0.1) is 0 Å². The van der Waals surface area contributed by atoms with Gasteiger partial charge in [-0.05, 0) is 48.6 Å². The molecule has 1 saturated heterocycles. The Balaban J connectivity index is 2.09. The molecule has 30 heavy (non-hydrogen) atoms. The number of aliphatic carboxylic acids is 1. The number of carboxylic acids is 1. The number of benzene rings is 2. The molecule has 2 aromatic rings. The summed E-state index contributed by atoms with van der Waals surface area (Å²) < 4.78 is 5.81. The molecule has 2 N–H and O–H groups in total. The zero-order valence-electron chi connectivity index (χ0n) is 16.2. The lowest BCUT2D eigenvalue weighted by atomic mass is 10.0. The lowest BCUT2D eigenvalue weighted by molar-refractivity contribution is -0.140. The summed E-state index contributed by atoms with van der Waals surface area (Å²) in [6.07, 6.45) is 3.59. The molecule has 1 aliphatic heterocycles. The predicted octanol–water partition coefficient (Wildman–Crippen LogP) is 4.47. The summed E-state index contributed by atoms with van der Waals surface area (Å²) in [5.74, 6) is -1.26. The molecule has 9 heteroatoms. The summed E-state index contributed by atoms with van der Waals surface area (Å²) in [7, 11) is 0. The molecule has 0 bridgehead atoms. The largest absolute Gasteiger partial charge is 0.504 e. The van der Waals surface area contributed by atoms with Crippen molar-refractivity contribution >= 4 is 58.0 Å². The van der Waals surface area contributed by atoms with E-state index >= 15 is 0 Å². The Labute approximate surface area is 187 Å². The van der Waals surface area contributed by atoms with Crippen LogP contribution in [0.25, 0.3) is 17.2 Å². The number of hydrogen-bond acceptors (Lipinski definition) is 7. The second-order valence-electron chi connectivity index (χ2n) is 6.21. The van der Waals surface area contributed by atoms with Crippen LogP contribution in [0.1, 0.15) is 12.5 Å². The minimum absolute atomic E-state index is 0.0222. The minimum atomic E-state index is -1.13. The first kappa shape index (κ1) is 22.2. The number of phenols is 1. The average Bonchev–Trinajstić information content (AvgIpc) is 2.97. The number of thioether (sulfide) groups is 2. The number of aromatic hydroxyl groups is 1. The van der Waals surface area contributed by atoms with Crippen molar-refractivity contribution in [1.29, 1.82) is 0 Å². The molecule has 2 aromatic carbocycles. The maximum atomic E-state index is 12.6. The third-order valence-corrected chi connectivity index (χ3v) is 6.43. The molecule has 1 fully saturated rings. The Morgan fingerprint density at radius 1 is 1.30 bits per heavy atom. The highest BCUT2D eigenvalue weighted by Gasteiger charge is 2.33. The van der Waals surface area contributed by atoms with Gasteiger partial charge in [-0.2, -0.15) is 0 Å². The van der Waals surface area contributed by atoms with Gasteiger partial charge in [0.2, 0.25) is 0 Å². The van der Waals surface area contributed by atoms with Crippen molar-refractivity contribution in [3.63, 3.8) is 0 Å². The smallest absolute Gasteiger partial charge is 0.323 e. The van der Waals surface area contributed by atoms with Crippen LogP contribution in [-0.2, 0) is 9.59 Å². The molecule has 1 heterocycles. The first-order chi connectivity index (χ1) is 14.3. The predicted molar refractivity (Wildman–Crippen MR) is 124 cm³/mol. The molecular formula is C21H19NO5S3. The van der Waals surface area contributed by atoms with Crippen molar-refractivity contribution in [1.82, 2.24) is 4.90 Å². The van der Waals surface area contributed by atoms with Gasteiger partial charge in [0.1, 0.15) is 10.9 Å². The summed E-state index contributed by atoms with van der Waals surface area (Å²) in [5, 5.41) is 19.8. The molecule has 6 nitrogen and oxygen atoms in total. The highest BCUT2D eigenvalue weighted by Crippen LogP contribution is 2.43. The molecule has 0 aliphatic carbocycles. The number of nitrogens with zero attached hydrogens (tertiary/aromatic N) is 1. The number of hydrogen-bond donors (Lipinski definition) is 2. The van der Waals surface area contributed by atoms with Crippen molar-refractivity contribution < 1.29 is 24.5 Å². The monoisotopic (exact) mass is 461 g/mol. The fourth-order valence-electron chi connectivity index (χ4n) is 2.97. The van der Waals surface area contributed by atoms with Crippen LogP contribution in [0.2, 0.25) is 0 Å². The maximum Gasteiger partial charge on any atom is 0.323 e. The van der Waals surface area contributed by atoms with Crippen LogP contribution >= 0.6 is 35.7 Å². The lowest BCUT2D eigenvalue weighted by Crippen LogP contribution is -2.33. The van der Waals surface area contributed by atoms with E-state index in [1.807, 2.05) is 37.4 Å². The molecule has 0 spiro atoms. The first-order valence-electron chi connectivity index (χ1n) is 8.96.